The second-order valence-corrected chi connectivity index (χ2v) is 6.37. The highest BCUT2D eigenvalue weighted by Crippen LogP contribution is 2.36. The quantitative estimate of drug-likeness (QED) is 0.859. The maximum atomic E-state index is 12.0. The van der Waals surface area contributed by atoms with E-state index >= 15 is 0 Å². The minimum atomic E-state index is -0.194. The summed E-state index contributed by atoms with van der Waals surface area (Å²) in [5.41, 5.74) is 1.08. The molecule has 0 radical (unpaired) electrons. The smallest absolute Gasteiger partial charge is 0.320 e. The average Bonchev–Trinajstić information content (AvgIpc) is 3.06. The van der Waals surface area contributed by atoms with Crippen molar-refractivity contribution in [2.75, 3.05) is 11.9 Å². The number of amides is 2. The maximum Gasteiger partial charge on any atom is 0.320 e. The molecule has 2 amide bonds. The largest absolute Gasteiger partial charge is 0.337 e. The average molecular weight is 316 g/mol. The Morgan fingerprint density at radius 3 is 2.96 bits per heavy atom. The van der Waals surface area contributed by atoms with Crippen LogP contribution in [0.3, 0.4) is 0 Å². The van der Waals surface area contributed by atoms with Crippen molar-refractivity contribution in [3.05, 3.63) is 30.2 Å². The van der Waals surface area contributed by atoms with E-state index in [9.17, 15) is 4.79 Å². The number of aryl methyl sites for hydroxylation is 1. The predicted octanol–water partition coefficient (Wildman–Crippen LogP) is 2.34. The zero-order valence-electron chi connectivity index (χ0n) is 13.7. The number of hydrogen-bond donors (Lipinski definition) is 2. The fourth-order valence-electron chi connectivity index (χ4n) is 2.73. The van der Waals surface area contributed by atoms with Crippen molar-refractivity contribution in [3.8, 4) is 0 Å². The molecular weight excluding hydrogens is 292 g/mol. The molecule has 0 bridgehead atoms. The van der Waals surface area contributed by atoms with Crippen LogP contribution >= 0.6 is 0 Å². The van der Waals surface area contributed by atoms with Gasteiger partial charge < -0.3 is 5.32 Å². The summed E-state index contributed by atoms with van der Waals surface area (Å²) in [5, 5.41) is 14.4. The number of carbonyl (C=O) groups is 1. The highest BCUT2D eigenvalue weighted by Gasteiger charge is 2.23. The second kappa shape index (κ2) is 6.85. The minimum absolute atomic E-state index is 0.194. The van der Waals surface area contributed by atoms with E-state index in [4.69, 9.17) is 0 Å². The molecule has 7 heteroatoms. The van der Waals surface area contributed by atoms with Crippen LogP contribution in [0.2, 0.25) is 0 Å². The first-order valence-corrected chi connectivity index (χ1v) is 8.18. The molecule has 124 valence electrons. The fraction of sp³-hybridized carbons (Fsp3) is 0.562. The summed E-state index contributed by atoms with van der Waals surface area (Å²) < 4.78 is 3.61. The van der Waals surface area contributed by atoms with Crippen LogP contribution in [0.15, 0.2) is 24.5 Å². The molecule has 0 saturated heterocycles. The number of aromatic nitrogens is 4. The molecule has 1 saturated carbocycles. The number of rotatable bonds is 6. The molecule has 0 spiro atoms. The number of anilines is 1. The molecule has 2 aromatic rings. The van der Waals surface area contributed by atoms with E-state index in [-0.39, 0.29) is 6.03 Å². The Labute approximate surface area is 136 Å². The minimum Gasteiger partial charge on any atom is -0.337 e. The lowest BCUT2D eigenvalue weighted by Gasteiger charge is -2.22. The zero-order chi connectivity index (χ0) is 16.2. The number of hydrogen-bond acceptors (Lipinski definition) is 3. The Kier molecular flexibility index (Phi) is 4.64. The van der Waals surface area contributed by atoms with Gasteiger partial charge in [-0.05, 0) is 24.8 Å². The molecule has 3 rings (SSSR count). The topological polar surface area (TPSA) is 76.8 Å². The van der Waals surface area contributed by atoms with Crippen molar-refractivity contribution < 1.29 is 4.79 Å². The van der Waals surface area contributed by atoms with E-state index < -0.39 is 0 Å². The van der Waals surface area contributed by atoms with Crippen LogP contribution in [0.1, 0.15) is 37.8 Å². The summed E-state index contributed by atoms with van der Waals surface area (Å²) >= 11 is 0. The number of nitrogens with zero attached hydrogens (tertiary/aromatic N) is 4. The monoisotopic (exact) mass is 316 g/mol. The summed E-state index contributed by atoms with van der Waals surface area (Å²) in [6, 6.07) is 3.69. The Balaban J connectivity index is 1.46. The fourth-order valence-corrected chi connectivity index (χ4v) is 2.73. The van der Waals surface area contributed by atoms with E-state index in [2.05, 4.69) is 27.8 Å². The lowest BCUT2D eigenvalue weighted by molar-refractivity contribution is 0.249. The lowest BCUT2D eigenvalue weighted by Crippen LogP contribution is -2.34. The van der Waals surface area contributed by atoms with Gasteiger partial charge in [-0.1, -0.05) is 13.3 Å². The maximum absolute atomic E-state index is 12.0. The zero-order valence-corrected chi connectivity index (χ0v) is 13.7. The van der Waals surface area contributed by atoms with Crippen LogP contribution in [-0.2, 0) is 13.6 Å². The predicted molar refractivity (Wildman–Crippen MR) is 88.2 cm³/mol. The van der Waals surface area contributed by atoms with Gasteiger partial charge in [0.25, 0.3) is 0 Å². The third-order valence-corrected chi connectivity index (χ3v) is 4.33. The van der Waals surface area contributed by atoms with Gasteiger partial charge in [-0.3, -0.25) is 14.7 Å². The number of urea groups is 1. The van der Waals surface area contributed by atoms with Gasteiger partial charge in [0.2, 0.25) is 0 Å². The van der Waals surface area contributed by atoms with Gasteiger partial charge in [0.05, 0.1) is 5.69 Å². The van der Waals surface area contributed by atoms with Crippen LogP contribution < -0.4 is 10.6 Å². The molecule has 0 aromatic carbocycles. The molecule has 1 aliphatic rings. The molecular formula is C16H24N6O. The van der Waals surface area contributed by atoms with Crippen LogP contribution in [-0.4, -0.2) is 32.1 Å². The molecule has 2 heterocycles. The SMILES string of the molecule is C[C@H](CNC(=O)Nc1cc(C2CCC2)nn1C)Cn1cccn1. The van der Waals surface area contributed by atoms with Gasteiger partial charge in [0, 0.05) is 44.5 Å². The normalized spacial score (nSPS) is 15.9. The Hall–Kier alpha value is -2.31. The van der Waals surface area contributed by atoms with Crippen molar-refractivity contribution in [2.45, 2.75) is 38.6 Å². The van der Waals surface area contributed by atoms with E-state index in [1.54, 1.807) is 10.9 Å². The standard InChI is InChI=1S/C16H24N6O/c1-12(11-22-8-4-7-18-22)10-17-16(23)19-15-9-14(20-21(15)2)13-5-3-6-13/h4,7-9,12-13H,3,5-6,10-11H2,1-2H3,(H2,17,19,23)/t12-/m1/s1. The molecule has 23 heavy (non-hydrogen) atoms. The first kappa shape index (κ1) is 15.6. The highest BCUT2D eigenvalue weighted by atomic mass is 16.2. The highest BCUT2D eigenvalue weighted by molar-refractivity contribution is 5.88. The van der Waals surface area contributed by atoms with E-state index in [1.165, 1.54) is 19.3 Å². The van der Waals surface area contributed by atoms with Gasteiger partial charge in [0.1, 0.15) is 5.82 Å². The van der Waals surface area contributed by atoms with E-state index in [1.807, 2.05) is 30.1 Å². The van der Waals surface area contributed by atoms with Crippen molar-refractivity contribution in [3.63, 3.8) is 0 Å². The van der Waals surface area contributed by atoms with E-state index in [0.717, 1.165) is 18.1 Å². The summed E-state index contributed by atoms with van der Waals surface area (Å²) in [7, 11) is 1.86. The third kappa shape index (κ3) is 3.91. The number of carbonyl (C=O) groups excluding carboxylic acids is 1. The Morgan fingerprint density at radius 1 is 1.48 bits per heavy atom. The molecule has 1 aliphatic carbocycles. The van der Waals surface area contributed by atoms with Gasteiger partial charge in [-0.15, -0.1) is 0 Å². The first-order chi connectivity index (χ1) is 11.1. The lowest BCUT2D eigenvalue weighted by atomic mass is 9.83. The molecule has 2 aromatic heterocycles. The van der Waals surface area contributed by atoms with Gasteiger partial charge >= 0.3 is 6.03 Å². The summed E-state index contributed by atoms with van der Waals surface area (Å²) in [4.78, 5) is 12.0. The van der Waals surface area contributed by atoms with Crippen molar-refractivity contribution in [1.82, 2.24) is 24.9 Å². The molecule has 7 nitrogen and oxygen atoms in total. The van der Waals surface area contributed by atoms with E-state index in [0.29, 0.717) is 18.4 Å². The van der Waals surface area contributed by atoms with Crippen molar-refractivity contribution >= 4 is 11.8 Å². The molecule has 2 N–H and O–H groups in total. The number of nitrogens with one attached hydrogen (secondary N) is 2. The van der Waals surface area contributed by atoms with Crippen LogP contribution in [0.4, 0.5) is 10.6 Å². The summed E-state index contributed by atoms with van der Waals surface area (Å²) in [5.74, 6) is 1.61. The molecule has 1 fully saturated rings. The Morgan fingerprint density at radius 2 is 2.30 bits per heavy atom. The third-order valence-electron chi connectivity index (χ3n) is 4.33. The van der Waals surface area contributed by atoms with Gasteiger partial charge in [-0.25, -0.2) is 4.79 Å². The molecule has 0 aliphatic heterocycles. The first-order valence-electron chi connectivity index (χ1n) is 8.18. The van der Waals surface area contributed by atoms with Crippen molar-refractivity contribution in [1.29, 1.82) is 0 Å². The summed E-state index contributed by atoms with van der Waals surface area (Å²) in [6.07, 6.45) is 7.36. The van der Waals surface area contributed by atoms with Crippen LogP contribution in [0, 0.1) is 5.92 Å². The second-order valence-electron chi connectivity index (χ2n) is 6.37. The van der Waals surface area contributed by atoms with Crippen LogP contribution in [0.25, 0.3) is 0 Å². The molecule has 0 unspecified atom stereocenters. The van der Waals surface area contributed by atoms with Crippen LogP contribution in [0.5, 0.6) is 0 Å². The molecule has 1 atom stereocenters. The van der Waals surface area contributed by atoms with Crippen molar-refractivity contribution in [2.24, 2.45) is 13.0 Å². The van der Waals surface area contributed by atoms with Gasteiger partial charge in [-0.2, -0.15) is 10.2 Å². The Bertz CT molecular complexity index is 644. The summed E-state index contributed by atoms with van der Waals surface area (Å²) in [6.45, 7) is 3.46. The van der Waals surface area contributed by atoms with Gasteiger partial charge in [0.15, 0.2) is 0 Å².